The Kier molecular flexibility index (Phi) is 3.70. The molecular weight excluding hydrogens is 216 g/mol. The van der Waals surface area contributed by atoms with Gasteiger partial charge in [-0.3, -0.25) is 0 Å². The van der Waals surface area contributed by atoms with Gasteiger partial charge in [0.15, 0.2) is 0 Å². The predicted molar refractivity (Wildman–Crippen MR) is 69.3 cm³/mol. The molecule has 0 atom stereocenters. The lowest BCUT2D eigenvalue weighted by molar-refractivity contribution is -0.129. The number of hydrogen-bond donors (Lipinski definition) is 0. The molecule has 0 N–H and O–H groups in total. The fourth-order valence-corrected chi connectivity index (χ4v) is 1.80. The van der Waals surface area contributed by atoms with Crippen molar-refractivity contribution in [3.63, 3.8) is 0 Å². The van der Waals surface area contributed by atoms with Crippen molar-refractivity contribution in [2.45, 2.75) is 26.6 Å². The van der Waals surface area contributed by atoms with E-state index in [1.807, 2.05) is 25.1 Å². The number of carbonyl (C=O) groups excluding carboxylic acids is 1. The molecule has 0 aliphatic rings. The summed E-state index contributed by atoms with van der Waals surface area (Å²) in [5.74, 6) is 0.320. The maximum absolute atomic E-state index is 11.8. The molecule has 16 heavy (non-hydrogen) atoms. The molecule has 0 radical (unpaired) electrons. The zero-order valence-corrected chi connectivity index (χ0v) is 11.3. The van der Waals surface area contributed by atoms with Gasteiger partial charge in [0.25, 0.3) is 0 Å². The van der Waals surface area contributed by atoms with Gasteiger partial charge in [0.05, 0.1) is 8.07 Å². The van der Waals surface area contributed by atoms with Crippen LogP contribution in [0, 0.1) is 6.92 Å². The van der Waals surface area contributed by atoms with Crippen LogP contribution in [-0.2, 0) is 4.79 Å². The fraction of sp³-hybridized carbons (Fsp3) is 0.308. The summed E-state index contributed by atoms with van der Waals surface area (Å²) in [6.07, 6.45) is 0. The summed E-state index contributed by atoms with van der Waals surface area (Å²) in [5.41, 5.74) is 0.958. The van der Waals surface area contributed by atoms with E-state index in [1.54, 1.807) is 6.07 Å². The van der Waals surface area contributed by atoms with Crippen LogP contribution in [0.15, 0.2) is 36.0 Å². The van der Waals surface area contributed by atoms with Crippen LogP contribution in [0.3, 0.4) is 0 Å². The summed E-state index contributed by atoms with van der Waals surface area (Å²) >= 11 is 0. The summed E-state index contributed by atoms with van der Waals surface area (Å²) < 4.78 is 5.33. The topological polar surface area (TPSA) is 26.3 Å². The van der Waals surface area contributed by atoms with Gasteiger partial charge in [0.1, 0.15) is 5.75 Å². The fourth-order valence-electron chi connectivity index (χ4n) is 1.14. The second-order valence-corrected chi connectivity index (χ2v) is 9.99. The monoisotopic (exact) mass is 234 g/mol. The average Bonchev–Trinajstić information content (AvgIpc) is 2.19. The van der Waals surface area contributed by atoms with Gasteiger partial charge >= 0.3 is 5.97 Å². The van der Waals surface area contributed by atoms with Crippen LogP contribution in [0.5, 0.6) is 5.75 Å². The van der Waals surface area contributed by atoms with Crippen LogP contribution in [-0.4, -0.2) is 14.0 Å². The Morgan fingerprint density at radius 2 is 1.81 bits per heavy atom. The van der Waals surface area contributed by atoms with E-state index in [2.05, 4.69) is 26.2 Å². The zero-order chi connectivity index (χ0) is 12.3. The van der Waals surface area contributed by atoms with Gasteiger partial charge in [0, 0.05) is 5.20 Å². The molecule has 3 heteroatoms. The van der Waals surface area contributed by atoms with Gasteiger partial charge in [-0.2, -0.15) is 0 Å². The number of esters is 1. The maximum atomic E-state index is 11.8. The predicted octanol–water partition coefficient (Wildman–Crippen LogP) is 3.33. The minimum absolute atomic E-state index is 0.298. The molecule has 2 nitrogen and oxygen atoms in total. The van der Waals surface area contributed by atoms with Gasteiger partial charge in [-0.1, -0.05) is 44.4 Å². The molecular formula is C13H18O2Si. The van der Waals surface area contributed by atoms with Crippen molar-refractivity contribution < 1.29 is 9.53 Å². The minimum atomic E-state index is -1.66. The molecule has 0 aliphatic carbocycles. The number of ether oxygens (including phenoxy) is 1. The standard InChI is InChI=1S/C13H18O2Si/c1-10-8-6-7-9-12(10)15-13(14)11(2)16(3,4)5/h6-9H,2H2,1,3-5H3. The van der Waals surface area contributed by atoms with Gasteiger partial charge < -0.3 is 4.74 Å². The van der Waals surface area contributed by atoms with E-state index in [-0.39, 0.29) is 5.97 Å². The molecule has 0 bridgehead atoms. The highest BCUT2D eigenvalue weighted by Crippen LogP contribution is 2.20. The largest absolute Gasteiger partial charge is 0.423 e. The van der Waals surface area contributed by atoms with Crippen molar-refractivity contribution >= 4 is 14.0 Å². The second-order valence-electron chi connectivity index (χ2n) is 4.88. The van der Waals surface area contributed by atoms with Gasteiger partial charge in [-0.25, -0.2) is 4.79 Å². The van der Waals surface area contributed by atoms with Crippen molar-refractivity contribution in [2.24, 2.45) is 0 Å². The molecule has 1 aromatic rings. The lowest BCUT2D eigenvalue weighted by atomic mass is 10.2. The molecule has 0 amide bonds. The third-order valence-electron chi connectivity index (χ3n) is 2.45. The number of carbonyl (C=O) groups is 1. The Balaban J connectivity index is 2.81. The van der Waals surface area contributed by atoms with Crippen LogP contribution in [0.4, 0.5) is 0 Å². The van der Waals surface area contributed by atoms with Crippen LogP contribution >= 0.6 is 0 Å². The van der Waals surface area contributed by atoms with Crippen molar-refractivity contribution in [2.75, 3.05) is 0 Å². The first-order valence-electron chi connectivity index (χ1n) is 5.29. The summed E-state index contributed by atoms with van der Waals surface area (Å²) in [4.78, 5) is 11.8. The van der Waals surface area contributed by atoms with E-state index in [0.717, 1.165) is 5.56 Å². The third kappa shape index (κ3) is 3.07. The van der Waals surface area contributed by atoms with Gasteiger partial charge in [-0.05, 0) is 18.6 Å². The normalized spacial score (nSPS) is 11.0. The number of benzene rings is 1. The Morgan fingerprint density at radius 3 is 2.31 bits per heavy atom. The smallest absolute Gasteiger partial charge is 0.334 e. The average molecular weight is 234 g/mol. The highest BCUT2D eigenvalue weighted by molar-refractivity contribution is 6.86. The Bertz CT molecular complexity index is 416. The molecule has 0 saturated heterocycles. The Labute approximate surface area is 98.0 Å². The maximum Gasteiger partial charge on any atom is 0.334 e. The Morgan fingerprint density at radius 1 is 1.25 bits per heavy atom. The van der Waals surface area contributed by atoms with E-state index < -0.39 is 8.07 Å². The zero-order valence-electron chi connectivity index (χ0n) is 10.3. The summed E-state index contributed by atoms with van der Waals surface area (Å²) in [6.45, 7) is 12.0. The molecule has 0 aromatic heterocycles. The summed E-state index contributed by atoms with van der Waals surface area (Å²) in [5, 5.41) is 0.621. The number of rotatable bonds is 3. The first kappa shape index (κ1) is 12.7. The van der Waals surface area contributed by atoms with Gasteiger partial charge in [-0.15, -0.1) is 0 Å². The first-order valence-corrected chi connectivity index (χ1v) is 8.79. The molecule has 1 rings (SSSR count). The van der Waals surface area contributed by atoms with E-state index >= 15 is 0 Å². The number of hydrogen-bond acceptors (Lipinski definition) is 2. The molecule has 0 spiro atoms. The van der Waals surface area contributed by atoms with E-state index in [9.17, 15) is 4.79 Å². The van der Waals surface area contributed by atoms with E-state index in [4.69, 9.17) is 4.74 Å². The summed E-state index contributed by atoms with van der Waals surface area (Å²) in [7, 11) is -1.66. The quantitative estimate of drug-likeness (QED) is 0.347. The lowest BCUT2D eigenvalue weighted by Gasteiger charge is -2.18. The minimum Gasteiger partial charge on any atom is -0.423 e. The van der Waals surface area contributed by atoms with Crippen molar-refractivity contribution in [3.05, 3.63) is 41.6 Å². The SMILES string of the molecule is C=C(C(=O)Oc1ccccc1C)[Si](C)(C)C. The van der Waals surface area contributed by atoms with Crippen LogP contribution < -0.4 is 4.74 Å². The molecule has 0 heterocycles. The molecule has 0 fully saturated rings. The van der Waals surface area contributed by atoms with E-state index in [1.165, 1.54) is 0 Å². The first-order chi connectivity index (χ1) is 7.32. The number of para-hydroxylation sites is 1. The van der Waals surface area contributed by atoms with Crippen molar-refractivity contribution in [3.8, 4) is 5.75 Å². The number of aryl methyl sites for hydroxylation is 1. The van der Waals surface area contributed by atoms with Gasteiger partial charge in [0.2, 0.25) is 0 Å². The van der Waals surface area contributed by atoms with E-state index in [0.29, 0.717) is 10.9 Å². The Hall–Kier alpha value is -1.35. The lowest BCUT2D eigenvalue weighted by Crippen LogP contribution is -2.31. The molecule has 1 aromatic carbocycles. The highest BCUT2D eigenvalue weighted by Gasteiger charge is 2.25. The summed E-state index contributed by atoms with van der Waals surface area (Å²) in [6, 6.07) is 7.48. The van der Waals surface area contributed by atoms with Crippen LogP contribution in [0.2, 0.25) is 19.6 Å². The second kappa shape index (κ2) is 4.66. The highest BCUT2D eigenvalue weighted by atomic mass is 28.3. The van der Waals surface area contributed by atoms with Crippen molar-refractivity contribution in [1.82, 2.24) is 0 Å². The molecule has 0 aliphatic heterocycles. The molecule has 0 unspecified atom stereocenters. The third-order valence-corrected chi connectivity index (χ3v) is 4.46. The van der Waals surface area contributed by atoms with Crippen LogP contribution in [0.25, 0.3) is 0 Å². The molecule has 86 valence electrons. The molecule has 0 saturated carbocycles. The van der Waals surface area contributed by atoms with Crippen LogP contribution in [0.1, 0.15) is 5.56 Å². The van der Waals surface area contributed by atoms with Crippen molar-refractivity contribution in [1.29, 1.82) is 0 Å².